The summed E-state index contributed by atoms with van der Waals surface area (Å²) in [6.45, 7) is 1.16. The molecule has 3 nitrogen and oxygen atoms in total. The van der Waals surface area contributed by atoms with Gasteiger partial charge in [0.1, 0.15) is 6.26 Å². The third-order valence-electron chi connectivity index (χ3n) is 2.61. The van der Waals surface area contributed by atoms with Gasteiger partial charge in [-0.05, 0) is 26.4 Å². The Morgan fingerprint density at radius 1 is 1.62 bits per heavy atom. The first kappa shape index (κ1) is 9.21. The van der Waals surface area contributed by atoms with Crippen molar-refractivity contribution >= 4 is 15.9 Å². The molecule has 1 atom stereocenters. The monoisotopic (exact) mass is 244 g/mol. The summed E-state index contributed by atoms with van der Waals surface area (Å²) >= 11 is 3.22. The number of nitrogens with zero attached hydrogens (tertiary/aromatic N) is 2. The van der Waals surface area contributed by atoms with Crippen LogP contribution < -0.4 is 0 Å². The first-order chi connectivity index (χ1) is 6.27. The molecule has 0 bridgehead atoms. The number of hydrogen-bond acceptors (Lipinski definition) is 3. The molecule has 0 N–H and O–H groups in total. The predicted octanol–water partition coefficient (Wildman–Crippen LogP) is 2.59. The molecule has 0 spiro atoms. The highest BCUT2D eigenvalue weighted by Gasteiger charge is 2.23. The molecule has 1 unspecified atom stereocenters. The fraction of sp³-hybridized carbons (Fsp3) is 0.667. The van der Waals surface area contributed by atoms with Crippen LogP contribution in [0, 0.1) is 0 Å². The Labute approximate surface area is 86.3 Å². The van der Waals surface area contributed by atoms with Gasteiger partial charge in [0.05, 0.1) is 11.7 Å². The summed E-state index contributed by atoms with van der Waals surface area (Å²) in [5.41, 5.74) is 1.05. The van der Waals surface area contributed by atoms with E-state index in [0.29, 0.717) is 10.8 Å². The number of piperidine rings is 1. The lowest BCUT2D eigenvalue weighted by Crippen LogP contribution is -2.29. The van der Waals surface area contributed by atoms with E-state index < -0.39 is 0 Å². The van der Waals surface area contributed by atoms with Crippen LogP contribution >= 0.6 is 15.9 Å². The van der Waals surface area contributed by atoms with E-state index in [-0.39, 0.29) is 0 Å². The maximum Gasteiger partial charge on any atom is 0.264 e. The summed E-state index contributed by atoms with van der Waals surface area (Å²) in [4.78, 5) is 7.22. The normalized spacial score (nSPS) is 24.9. The van der Waals surface area contributed by atoms with Crippen molar-refractivity contribution in [3.63, 3.8) is 0 Å². The fourth-order valence-corrected chi connectivity index (χ4v) is 2.16. The highest BCUT2D eigenvalue weighted by Crippen LogP contribution is 2.29. The molecule has 4 heteroatoms. The van der Waals surface area contributed by atoms with Crippen molar-refractivity contribution in [2.45, 2.75) is 25.3 Å². The lowest BCUT2D eigenvalue weighted by atomic mass is 10.0. The van der Waals surface area contributed by atoms with Crippen molar-refractivity contribution < 1.29 is 4.42 Å². The second-order valence-electron chi connectivity index (χ2n) is 3.52. The maximum atomic E-state index is 5.14. The van der Waals surface area contributed by atoms with Gasteiger partial charge in [-0.15, -0.1) is 0 Å². The highest BCUT2D eigenvalue weighted by atomic mass is 79.9. The number of oxazole rings is 1. The number of rotatable bonds is 1. The van der Waals surface area contributed by atoms with Crippen LogP contribution in [0.15, 0.2) is 15.5 Å². The van der Waals surface area contributed by atoms with E-state index in [9.17, 15) is 0 Å². The summed E-state index contributed by atoms with van der Waals surface area (Å²) in [6.07, 6.45) is 5.53. The Balaban J connectivity index is 2.14. The third-order valence-corrected chi connectivity index (χ3v) is 2.97. The Hall–Kier alpha value is -0.350. The summed E-state index contributed by atoms with van der Waals surface area (Å²) < 4.78 is 5.14. The van der Waals surface area contributed by atoms with Crippen LogP contribution in [0.4, 0.5) is 0 Å². The van der Waals surface area contributed by atoms with Crippen molar-refractivity contribution in [1.29, 1.82) is 0 Å². The van der Waals surface area contributed by atoms with E-state index in [2.05, 4.69) is 32.9 Å². The second-order valence-corrected chi connectivity index (χ2v) is 4.20. The van der Waals surface area contributed by atoms with Gasteiger partial charge in [-0.2, -0.15) is 0 Å². The lowest BCUT2D eigenvalue weighted by molar-refractivity contribution is 0.183. The minimum atomic E-state index is 0.448. The van der Waals surface area contributed by atoms with Crippen molar-refractivity contribution in [2.75, 3.05) is 13.6 Å². The molecule has 0 radical (unpaired) electrons. The summed E-state index contributed by atoms with van der Waals surface area (Å²) in [5, 5.41) is 0. The van der Waals surface area contributed by atoms with E-state index in [1.54, 1.807) is 6.26 Å². The molecule has 13 heavy (non-hydrogen) atoms. The first-order valence-corrected chi connectivity index (χ1v) is 5.38. The zero-order chi connectivity index (χ0) is 9.26. The van der Waals surface area contributed by atoms with Crippen LogP contribution in [-0.4, -0.2) is 23.5 Å². The number of halogens is 1. The maximum absolute atomic E-state index is 5.14. The topological polar surface area (TPSA) is 29.3 Å². The van der Waals surface area contributed by atoms with Gasteiger partial charge in [0, 0.05) is 15.9 Å². The van der Waals surface area contributed by atoms with Crippen molar-refractivity contribution in [2.24, 2.45) is 0 Å². The van der Waals surface area contributed by atoms with E-state index in [1.807, 2.05) is 0 Å². The standard InChI is InChI=1S/C9H13BrN2O/c1-12-5-3-2-4-8(12)7-6-13-9(10)11-7/h6,8H,2-5H2,1H3. The molecule has 0 aliphatic carbocycles. The zero-order valence-electron chi connectivity index (χ0n) is 7.66. The van der Waals surface area contributed by atoms with Gasteiger partial charge in [0.15, 0.2) is 0 Å². The van der Waals surface area contributed by atoms with E-state index in [1.165, 1.54) is 19.3 Å². The highest BCUT2D eigenvalue weighted by molar-refractivity contribution is 9.10. The quantitative estimate of drug-likeness (QED) is 0.761. The molecule has 0 saturated carbocycles. The van der Waals surface area contributed by atoms with Gasteiger partial charge in [0.2, 0.25) is 0 Å². The first-order valence-electron chi connectivity index (χ1n) is 4.58. The smallest absolute Gasteiger partial charge is 0.264 e. The zero-order valence-corrected chi connectivity index (χ0v) is 9.25. The largest absolute Gasteiger partial charge is 0.439 e. The van der Waals surface area contributed by atoms with Crippen LogP contribution in [-0.2, 0) is 0 Å². The Morgan fingerprint density at radius 2 is 2.46 bits per heavy atom. The molecule has 1 fully saturated rings. The van der Waals surface area contributed by atoms with Gasteiger partial charge < -0.3 is 4.42 Å². The molecule has 1 saturated heterocycles. The van der Waals surface area contributed by atoms with Crippen LogP contribution in [0.3, 0.4) is 0 Å². The summed E-state index contributed by atoms with van der Waals surface area (Å²) in [6, 6.07) is 0.448. The van der Waals surface area contributed by atoms with Crippen LogP contribution in [0.5, 0.6) is 0 Å². The van der Waals surface area contributed by atoms with Gasteiger partial charge >= 0.3 is 0 Å². The predicted molar refractivity (Wildman–Crippen MR) is 53.4 cm³/mol. The fourth-order valence-electron chi connectivity index (χ4n) is 1.87. The second kappa shape index (κ2) is 3.80. The average Bonchev–Trinajstić information content (AvgIpc) is 2.53. The number of hydrogen-bond donors (Lipinski definition) is 0. The number of aromatic nitrogens is 1. The minimum Gasteiger partial charge on any atom is -0.439 e. The molecule has 1 aromatic rings. The molecular formula is C9H13BrN2O. The summed E-state index contributed by atoms with van der Waals surface area (Å²) in [7, 11) is 2.15. The Morgan fingerprint density at radius 3 is 3.08 bits per heavy atom. The van der Waals surface area contributed by atoms with Crippen molar-refractivity contribution in [1.82, 2.24) is 9.88 Å². The van der Waals surface area contributed by atoms with Crippen LogP contribution in [0.1, 0.15) is 31.0 Å². The van der Waals surface area contributed by atoms with Crippen LogP contribution in [0.25, 0.3) is 0 Å². The molecule has 1 aliphatic rings. The molecule has 0 aromatic carbocycles. The summed E-state index contributed by atoms with van der Waals surface area (Å²) in [5.74, 6) is 0. The molecule has 72 valence electrons. The SMILES string of the molecule is CN1CCCCC1c1coc(Br)n1. The van der Waals surface area contributed by atoms with Crippen molar-refractivity contribution in [3.8, 4) is 0 Å². The van der Waals surface area contributed by atoms with E-state index in [0.717, 1.165) is 12.2 Å². The Bertz CT molecular complexity index is 287. The van der Waals surface area contributed by atoms with Gasteiger partial charge in [0.25, 0.3) is 4.80 Å². The molecule has 2 rings (SSSR count). The molecule has 2 heterocycles. The minimum absolute atomic E-state index is 0.448. The average molecular weight is 245 g/mol. The van der Waals surface area contributed by atoms with Crippen LogP contribution in [0.2, 0.25) is 0 Å². The Kier molecular flexibility index (Phi) is 2.69. The third kappa shape index (κ3) is 1.94. The molecule has 0 amide bonds. The molecule has 1 aliphatic heterocycles. The molecule has 1 aromatic heterocycles. The van der Waals surface area contributed by atoms with Gasteiger partial charge in [-0.1, -0.05) is 6.42 Å². The van der Waals surface area contributed by atoms with Crippen molar-refractivity contribution in [3.05, 3.63) is 16.8 Å². The molecular weight excluding hydrogens is 232 g/mol. The van der Waals surface area contributed by atoms with Gasteiger partial charge in [-0.25, -0.2) is 4.98 Å². The van der Waals surface area contributed by atoms with E-state index in [4.69, 9.17) is 4.42 Å². The number of likely N-dealkylation sites (tertiary alicyclic amines) is 1. The van der Waals surface area contributed by atoms with Gasteiger partial charge in [-0.3, -0.25) is 4.90 Å². The van der Waals surface area contributed by atoms with E-state index >= 15 is 0 Å². The lowest BCUT2D eigenvalue weighted by Gasteiger charge is -2.30.